The second-order valence-electron chi connectivity index (χ2n) is 5.60. The van der Waals surface area contributed by atoms with Crippen LogP contribution in [0.15, 0.2) is 34.2 Å². The zero-order valence-electron chi connectivity index (χ0n) is 12.9. The number of benzene rings is 1. The highest BCUT2D eigenvalue weighted by Gasteiger charge is 2.14. The van der Waals surface area contributed by atoms with Crippen molar-refractivity contribution in [1.29, 1.82) is 0 Å². The van der Waals surface area contributed by atoms with Crippen molar-refractivity contribution in [3.05, 3.63) is 29.8 Å². The van der Waals surface area contributed by atoms with Gasteiger partial charge in [-0.25, -0.2) is 13.6 Å². The molecule has 2 rings (SSSR count). The van der Waals surface area contributed by atoms with Crippen LogP contribution in [-0.2, 0) is 16.6 Å². The minimum absolute atomic E-state index is 0.127. The van der Waals surface area contributed by atoms with E-state index in [2.05, 4.69) is 15.6 Å². The van der Waals surface area contributed by atoms with Gasteiger partial charge in [0.05, 0.1) is 4.90 Å². The summed E-state index contributed by atoms with van der Waals surface area (Å²) in [6.07, 6.45) is 6.16. The fourth-order valence-electron chi connectivity index (χ4n) is 2.65. The van der Waals surface area contributed by atoms with E-state index >= 15 is 0 Å². The normalized spacial score (nSPS) is 17.3. The molecule has 1 aliphatic rings. The van der Waals surface area contributed by atoms with E-state index in [4.69, 9.17) is 5.14 Å². The number of nitrogens with two attached hydrogens (primary N) is 1. The first-order valence-corrected chi connectivity index (χ1v) is 9.12. The summed E-state index contributed by atoms with van der Waals surface area (Å²) >= 11 is 0. The quantitative estimate of drug-likeness (QED) is 0.575. The third kappa shape index (κ3) is 4.99. The third-order valence-electron chi connectivity index (χ3n) is 3.86. The van der Waals surface area contributed by atoms with Crippen LogP contribution in [-0.4, -0.2) is 27.5 Å². The number of rotatable bonds is 4. The van der Waals surface area contributed by atoms with Crippen molar-refractivity contribution < 1.29 is 8.42 Å². The van der Waals surface area contributed by atoms with Crippen LogP contribution in [0.4, 0.5) is 0 Å². The van der Waals surface area contributed by atoms with E-state index in [1.54, 1.807) is 19.2 Å². The molecule has 0 bridgehead atoms. The van der Waals surface area contributed by atoms with Crippen LogP contribution < -0.4 is 15.8 Å². The first-order valence-electron chi connectivity index (χ1n) is 7.58. The highest BCUT2D eigenvalue weighted by atomic mass is 32.2. The Hall–Kier alpha value is -1.60. The van der Waals surface area contributed by atoms with Crippen molar-refractivity contribution in [2.24, 2.45) is 10.1 Å². The van der Waals surface area contributed by atoms with E-state index in [0.29, 0.717) is 12.6 Å². The van der Waals surface area contributed by atoms with E-state index in [9.17, 15) is 8.42 Å². The summed E-state index contributed by atoms with van der Waals surface area (Å²) < 4.78 is 22.7. The lowest BCUT2D eigenvalue weighted by Gasteiger charge is -2.24. The second kappa shape index (κ2) is 7.60. The smallest absolute Gasteiger partial charge is 0.238 e. The molecule has 0 aromatic heterocycles. The van der Waals surface area contributed by atoms with E-state index in [0.717, 1.165) is 11.5 Å². The molecule has 1 aromatic carbocycles. The molecule has 0 spiro atoms. The Balaban J connectivity index is 1.93. The molecule has 1 fully saturated rings. The summed E-state index contributed by atoms with van der Waals surface area (Å²) in [5, 5.41) is 11.8. The van der Waals surface area contributed by atoms with E-state index in [1.807, 2.05) is 6.07 Å². The van der Waals surface area contributed by atoms with Crippen molar-refractivity contribution in [2.45, 2.75) is 49.6 Å². The number of nitrogens with one attached hydrogen (secondary N) is 2. The first-order chi connectivity index (χ1) is 10.5. The minimum atomic E-state index is -3.67. The Labute approximate surface area is 132 Å². The van der Waals surface area contributed by atoms with Crippen molar-refractivity contribution in [3.63, 3.8) is 0 Å². The van der Waals surface area contributed by atoms with E-state index < -0.39 is 10.0 Å². The largest absolute Gasteiger partial charge is 0.354 e. The summed E-state index contributed by atoms with van der Waals surface area (Å²) in [7, 11) is -1.93. The lowest BCUT2D eigenvalue weighted by Crippen LogP contribution is -2.43. The Bertz CT molecular complexity index is 622. The second-order valence-corrected chi connectivity index (χ2v) is 7.16. The Morgan fingerprint density at radius 3 is 2.68 bits per heavy atom. The molecule has 0 heterocycles. The monoisotopic (exact) mass is 324 g/mol. The highest BCUT2D eigenvalue weighted by molar-refractivity contribution is 7.89. The summed E-state index contributed by atoms with van der Waals surface area (Å²) in [5.74, 6) is 0.743. The van der Waals surface area contributed by atoms with Crippen LogP contribution in [0.1, 0.15) is 37.7 Å². The zero-order valence-corrected chi connectivity index (χ0v) is 13.7. The summed E-state index contributed by atoms with van der Waals surface area (Å²) in [6, 6.07) is 7.09. The average Bonchev–Trinajstić information content (AvgIpc) is 2.52. The van der Waals surface area contributed by atoms with Crippen molar-refractivity contribution in [3.8, 4) is 0 Å². The molecule has 7 heteroatoms. The third-order valence-corrected chi connectivity index (χ3v) is 4.77. The minimum Gasteiger partial charge on any atom is -0.354 e. The molecule has 0 saturated heterocycles. The van der Waals surface area contributed by atoms with Crippen LogP contribution >= 0.6 is 0 Å². The molecule has 1 aromatic rings. The molecular formula is C15H24N4O2S. The summed E-state index contributed by atoms with van der Waals surface area (Å²) in [4.78, 5) is 4.35. The predicted octanol–water partition coefficient (Wildman–Crippen LogP) is 1.33. The van der Waals surface area contributed by atoms with E-state index in [1.165, 1.54) is 38.2 Å². The fourth-order valence-corrected chi connectivity index (χ4v) is 3.24. The molecule has 0 radical (unpaired) electrons. The van der Waals surface area contributed by atoms with Crippen molar-refractivity contribution in [2.75, 3.05) is 7.05 Å². The molecule has 6 nitrogen and oxygen atoms in total. The van der Waals surface area contributed by atoms with Gasteiger partial charge >= 0.3 is 0 Å². The summed E-state index contributed by atoms with van der Waals surface area (Å²) in [6.45, 7) is 0.496. The van der Waals surface area contributed by atoms with Gasteiger partial charge in [-0.15, -0.1) is 0 Å². The number of sulfonamides is 1. The van der Waals surface area contributed by atoms with Gasteiger partial charge in [0, 0.05) is 19.6 Å². The molecule has 0 atom stereocenters. The Morgan fingerprint density at radius 1 is 1.32 bits per heavy atom. The first kappa shape index (κ1) is 16.8. The van der Waals surface area contributed by atoms with Crippen LogP contribution in [0.3, 0.4) is 0 Å². The van der Waals surface area contributed by atoms with Crippen molar-refractivity contribution >= 4 is 16.0 Å². The number of aliphatic imine (C=N–C) groups is 1. The fraction of sp³-hybridized carbons (Fsp3) is 0.533. The molecule has 0 unspecified atom stereocenters. The van der Waals surface area contributed by atoms with Gasteiger partial charge in [0.25, 0.3) is 0 Å². The van der Waals surface area contributed by atoms with Gasteiger partial charge < -0.3 is 10.6 Å². The molecular weight excluding hydrogens is 300 g/mol. The predicted molar refractivity (Wildman–Crippen MR) is 88.0 cm³/mol. The molecule has 0 aliphatic heterocycles. The van der Waals surface area contributed by atoms with Gasteiger partial charge in [-0.3, -0.25) is 4.99 Å². The lowest BCUT2D eigenvalue weighted by atomic mass is 9.96. The van der Waals surface area contributed by atoms with Crippen molar-refractivity contribution in [1.82, 2.24) is 10.6 Å². The molecule has 22 heavy (non-hydrogen) atoms. The summed E-state index contributed by atoms with van der Waals surface area (Å²) in [5.41, 5.74) is 0.845. The van der Waals surface area contributed by atoms with Gasteiger partial charge in [-0.1, -0.05) is 31.4 Å². The Morgan fingerprint density at radius 2 is 2.05 bits per heavy atom. The molecule has 0 amide bonds. The number of primary sulfonamides is 1. The number of guanidine groups is 1. The maximum Gasteiger partial charge on any atom is 0.238 e. The number of hydrogen-bond donors (Lipinski definition) is 3. The van der Waals surface area contributed by atoms with Gasteiger partial charge in [-0.05, 0) is 30.5 Å². The number of hydrogen-bond acceptors (Lipinski definition) is 3. The van der Waals surface area contributed by atoms with Gasteiger partial charge in [0.1, 0.15) is 0 Å². The van der Waals surface area contributed by atoms with E-state index in [-0.39, 0.29) is 4.90 Å². The molecule has 4 N–H and O–H groups in total. The SMILES string of the molecule is CN=C(NCc1cccc(S(N)(=O)=O)c1)NC1CCCCC1. The van der Waals surface area contributed by atoms with Gasteiger partial charge in [0.15, 0.2) is 5.96 Å². The number of nitrogens with zero attached hydrogens (tertiary/aromatic N) is 1. The highest BCUT2D eigenvalue weighted by Crippen LogP contribution is 2.17. The molecule has 122 valence electrons. The van der Waals surface area contributed by atoms with Crippen LogP contribution in [0.2, 0.25) is 0 Å². The molecule has 1 saturated carbocycles. The average molecular weight is 324 g/mol. The lowest BCUT2D eigenvalue weighted by molar-refractivity contribution is 0.410. The van der Waals surface area contributed by atoms with Gasteiger partial charge in [-0.2, -0.15) is 0 Å². The standard InChI is InChI=1S/C15H24N4O2S/c1-17-15(19-13-7-3-2-4-8-13)18-11-12-6-5-9-14(10-12)22(16,20)21/h5-6,9-10,13H,2-4,7-8,11H2,1H3,(H2,16,20,21)(H2,17,18,19). The van der Waals surface area contributed by atoms with Crippen LogP contribution in [0.5, 0.6) is 0 Å². The topological polar surface area (TPSA) is 96.6 Å². The molecule has 1 aliphatic carbocycles. The maximum atomic E-state index is 11.4. The van der Waals surface area contributed by atoms with Crippen LogP contribution in [0.25, 0.3) is 0 Å². The zero-order chi connectivity index (χ0) is 16.0. The van der Waals surface area contributed by atoms with Crippen LogP contribution in [0, 0.1) is 0 Å². The maximum absolute atomic E-state index is 11.4. The van der Waals surface area contributed by atoms with Gasteiger partial charge in [0.2, 0.25) is 10.0 Å². The Kier molecular flexibility index (Phi) is 5.79.